The molecule has 4 heteroatoms. The number of aliphatic imine (C=N–C) groups is 1. The highest BCUT2D eigenvalue weighted by atomic mass is 28.3. The molecule has 0 aliphatic heterocycles. The lowest BCUT2D eigenvalue weighted by molar-refractivity contribution is -0.0397. The van der Waals surface area contributed by atoms with Gasteiger partial charge in [-0.2, -0.15) is 0 Å². The van der Waals surface area contributed by atoms with Gasteiger partial charge in [-0.15, -0.1) is 0 Å². The van der Waals surface area contributed by atoms with E-state index in [0.717, 1.165) is 29.3 Å². The Morgan fingerprint density at radius 3 is 1.53 bits per heavy atom. The highest BCUT2D eigenvalue weighted by Crippen LogP contribution is 2.28. The van der Waals surface area contributed by atoms with E-state index in [9.17, 15) is 0 Å². The molecule has 5 rings (SSSR count). The van der Waals surface area contributed by atoms with E-state index in [-0.39, 0.29) is 5.67 Å². The maximum Gasteiger partial charge on any atom is 0.146 e. The van der Waals surface area contributed by atoms with E-state index in [2.05, 4.69) is 159 Å². The Morgan fingerprint density at radius 1 is 0.628 bits per heavy atom. The molecule has 0 saturated carbocycles. The second-order valence-corrected chi connectivity index (χ2v) is 15.4. The van der Waals surface area contributed by atoms with Gasteiger partial charge in [0.05, 0.1) is 18.0 Å². The Bertz CT molecular complexity index is 1450. The molecule has 0 spiro atoms. The minimum atomic E-state index is -2.62. The third-order valence-electron chi connectivity index (χ3n) is 8.07. The molecule has 0 bridgehead atoms. The van der Waals surface area contributed by atoms with Crippen LogP contribution in [0.3, 0.4) is 0 Å². The maximum atomic E-state index is 5.94. The van der Waals surface area contributed by atoms with Crippen molar-refractivity contribution < 1.29 is 9.47 Å². The second-order valence-electron chi connectivity index (χ2n) is 11.2. The normalized spacial score (nSPS) is 12.8. The van der Waals surface area contributed by atoms with Crippen LogP contribution in [-0.4, -0.2) is 40.0 Å². The number of methoxy groups -OCH3 is 1. The lowest BCUT2D eigenvalue weighted by atomic mass is 10.0. The zero-order valence-corrected chi connectivity index (χ0v) is 26.2. The number of nitrogens with zero attached hydrogens (tertiary/aromatic N) is 1. The molecule has 5 aromatic carbocycles. The molecule has 0 saturated heterocycles. The molecule has 0 aliphatic carbocycles. The third-order valence-corrected chi connectivity index (χ3v) is 13.6. The molecule has 0 aliphatic rings. The molecule has 218 valence electrons. The molecule has 0 heterocycles. The fourth-order valence-electron chi connectivity index (χ4n) is 6.17. The molecule has 0 aromatic heterocycles. The first-order valence-electron chi connectivity index (χ1n) is 15.1. The highest BCUT2D eigenvalue weighted by molar-refractivity contribution is 7.03. The van der Waals surface area contributed by atoms with E-state index in [1.165, 1.54) is 15.9 Å². The van der Waals surface area contributed by atoms with Crippen molar-refractivity contribution in [2.45, 2.75) is 25.1 Å². The minimum absolute atomic E-state index is 0.0139. The van der Waals surface area contributed by atoms with E-state index in [1.807, 2.05) is 0 Å². The summed E-state index contributed by atoms with van der Waals surface area (Å²) in [5.41, 5.74) is 4.61. The second kappa shape index (κ2) is 15.4. The van der Waals surface area contributed by atoms with E-state index in [0.29, 0.717) is 19.3 Å². The average molecular weight is 584 g/mol. The SMILES string of the molecule is COCOC[C@H](C)C[Si](c1ccccc1)(c1ccccc1)C(Cc1ccccc1)N=C(c1ccccc1)c1ccccc1. The van der Waals surface area contributed by atoms with Crippen molar-refractivity contribution in [1.29, 1.82) is 0 Å². The Balaban J connectivity index is 1.78. The summed E-state index contributed by atoms with van der Waals surface area (Å²) in [6, 6.07) is 55.5. The summed E-state index contributed by atoms with van der Waals surface area (Å²) in [5.74, 6) is 0.299. The van der Waals surface area contributed by atoms with Gasteiger partial charge >= 0.3 is 0 Å². The third kappa shape index (κ3) is 7.65. The molecule has 0 amide bonds. The van der Waals surface area contributed by atoms with Gasteiger partial charge in [0.1, 0.15) is 14.9 Å². The molecule has 3 nitrogen and oxygen atoms in total. The molecule has 0 radical (unpaired) electrons. The van der Waals surface area contributed by atoms with Crippen LogP contribution in [0.1, 0.15) is 23.6 Å². The van der Waals surface area contributed by atoms with E-state index in [1.54, 1.807) is 7.11 Å². The topological polar surface area (TPSA) is 30.8 Å². The van der Waals surface area contributed by atoms with Gasteiger partial charge in [-0.25, -0.2) is 0 Å². The van der Waals surface area contributed by atoms with Crippen molar-refractivity contribution in [2.24, 2.45) is 10.9 Å². The summed E-state index contributed by atoms with van der Waals surface area (Å²) >= 11 is 0. The molecule has 43 heavy (non-hydrogen) atoms. The molecule has 2 atom stereocenters. The fraction of sp³-hybridized carbons (Fsp3) is 0.205. The predicted octanol–water partition coefficient (Wildman–Crippen LogP) is 7.19. The van der Waals surface area contributed by atoms with Gasteiger partial charge in [-0.1, -0.05) is 169 Å². The molecule has 1 unspecified atom stereocenters. The number of hydrogen-bond donors (Lipinski definition) is 0. The van der Waals surface area contributed by atoms with Crippen LogP contribution in [-0.2, 0) is 15.9 Å². The summed E-state index contributed by atoms with van der Waals surface area (Å²) in [7, 11) is -0.943. The molecule has 0 fully saturated rings. The first-order valence-corrected chi connectivity index (χ1v) is 17.4. The smallest absolute Gasteiger partial charge is 0.146 e. The summed E-state index contributed by atoms with van der Waals surface area (Å²) in [6.45, 7) is 3.24. The van der Waals surface area contributed by atoms with E-state index in [4.69, 9.17) is 14.5 Å². The van der Waals surface area contributed by atoms with Crippen LogP contribution in [0.25, 0.3) is 0 Å². The first kappa shape index (κ1) is 30.4. The van der Waals surface area contributed by atoms with Gasteiger partial charge in [0.15, 0.2) is 0 Å². The van der Waals surface area contributed by atoms with Gasteiger partial charge in [-0.05, 0) is 23.9 Å². The van der Waals surface area contributed by atoms with Gasteiger partial charge in [-0.3, -0.25) is 4.99 Å². The Labute approximate surface area is 257 Å². The van der Waals surface area contributed by atoms with E-state index < -0.39 is 8.07 Å². The van der Waals surface area contributed by atoms with Crippen molar-refractivity contribution >= 4 is 24.2 Å². The van der Waals surface area contributed by atoms with Crippen molar-refractivity contribution in [1.82, 2.24) is 0 Å². The lowest BCUT2D eigenvalue weighted by Crippen LogP contribution is -2.67. The number of hydrogen-bond acceptors (Lipinski definition) is 3. The summed E-state index contributed by atoms with van der Waals surface area (Å²) in [5, 5.41) is 2.79. The van der Waals surface area contributed by atoms with E-state index >= 15 is 0 Å². The zero-order chi connectivity index (χ0) is 29.7. The fourth-order valence-corrected chi connectivity index (χ4v) is 11.7. The Morgan fingerprint density at radius 2 is 1.07 bits per heavy atom. The largest absolute Gasteiger partial charge is 0.359 e. The minimum Gasteiger partial charge on any atom is -0.359 e. The summed E-state index contributed by atoms with van der Waals surface area (Å²) in [4.78, 5) is 5.90. The number of ether oxygens (including phenoxy) is 2. The monoisotopic (exact) mass is 583 g/mol. The number of benzene rings is 5. The summed E-state index contributed by atoms with van der Waals surface area (Å²) in [6.07, 6.45) is 0.839. The van der Waals surface area contributed by atoms with Crippen LogP contribution < -0.4 is 10.4 Å². The average Bonchev–Trinajstić information content (AvgIpc) is 3.08. The van der Waals surface area contributed by atoms with Crippen LogP contribution in [0, 0.1) is 5.92 Å². The van der Waals surface area contributed by atoms with Crippen LogP contribution >= 0.6 is 0 Å². The van der Waals surface area contributed by atoms with Gasteiger partial charge in [0.2, 0.25) is 0 Å². The Hall–Kier alpha value is -4.09. The predicted molar refractivity (Wildman–Crippen MR) is 182 cm³/mol. The standard InChI is InChI=1S/C39H41NO2Si/c1-32(29-42-31-41-2)30-43(36-24-14-6-15-25-36,37-26-16-7-17-27-37)38(28-33-18-8-3-9-19-33)40-39(34-20-10-4-11-21-34)35-22-12-5-13-23-35/h3-27,32,38H,28-31H2,1-2H3/t32-,38?/m0/s1. The van der Waals surface area contributed by atoms with Crippen LogP contribution in [0.2, 0.25) is 6.04 Å². The van der Waals surface area contributed by atoms with Crippen molar-refractivity contribution in [3.8, 4) is 0 Å². The lowest BCUT2D eigenvalue weighted by Gasteiger charge is -2.40. The van der Waals surface area contributed by atoms with Crippen molar-refractivity contribution in [3.63, 3.8) is 0 Å². The van der Waals surface area contributed by atoms with Gasteiger partial charge in [0, 0.05) is 18.2 Å². The summed E-state index contributed by atoms with van der Waals surface area (Å²) < 4.78 is 11.2. The van der Waals surface area contributed by atoms with Crippen LogP contribution in [0.4, 0.5) is 0 Å². The molecule has 5 aromatic rings. The molecular formula is C39H41NO2Si. The van der Waals surface area contributed by atoms with Crippen molar-refractivity contribution in [3.05, 3.63) is 168 Å². The van der Waals surface area contributed by atoms with Gasteiger partial charge in [0.25, 0.3) is 0 Å². The first-order chi connectivity index (χ1) is 21.2. The van der Waals surface area contributed by atoms with Crippen molar-refractivity contribution in [2.75, 3.05) is 20.5 Å². The highest BCUT2D eigenvalue weighted by Gasteiger charge is 2.46. The zero-order valence-electron chi connectivity index (χ0n) is 25.2. The quantitative estimate of drug-likeness (QED) is 0.0599. The van der Waals surface area contributed by atoms with Crippen LogP contribution in [0.15, 0.2) is 157 Å². The van der Waals surface area contributed by atoms with Gasteiger partial charge < -0.3 is 9.47 Å². The maximum absolute atomic E-state index is 5.94. The Kier molecular flexibility index (Phi) is 10.9. The molecular weight excluding hydrogens is 543 g/mol. The van der Waals surface area contributed by atoms with Crippen LogP contribution in [0.5, 0.6) is 0 Å². The number of rotatable bonds is 14. The molecule has 0 N–H and O–H groups in total.